The Bertz CT molecular complexity index is 2810. The van der Waals surface area contributed by atoms with Crippen LogP contribution >= 0.6 is 0 Å². The molecule has 0 aliphatic heterocycles. The van der Waals surface area contributed by atoms with Crippen LogP contribution in [-0.2, 0) is 0 Å². The first-order valence-electron chi connectivity index (χ1n) is 14.0. The van der Waals surface area contributed by atoms with Crippen molar-refractivity contribution in [1.82, 2.24) is 18.9 Å². The number of aromatic nitrogens is 4. The smallest absolute Gasteiger partial charge is 0.374 e. The lowest BCUT2D eigenvalue weighted by Gasteiger charge is -2.08. The highest BCUT2D eigenvalue weighted by atomic mass is 15.1. The largest absolute Gasteiger partial charge is 0.394 e. The molecule has 10 rings (SSSR count). The number of hydrogen-bond donors (Lipinski definition) is 0. The van der Waals surface area contributed by atoms with E-state index in [-0.39, 0.29) is 5.95 Å². The standard InChI is InChI=1S/C37H19N5/c1-38-37-39-28-15-7-4-13-24(28)36(40-37)42-30-17-9-6-14-25(30)33-32(42)20-26-23-12-5-8-16-29(23)41-31-19-22-11-3-2-10-21(22)18-27(31)34(33)35(26)41/h2-20H. The summed E-state index contributed by atoms with van der Waals surface area (Å²) in [7, 11) is 0. The number of hydrogen-bond acceptors (Lipinski definition) is 2. The lowest BCUT2D eigenvalue weighted by Crippen LogP contribution is -2.00. The topological polar surface area (TPSA) is 39.5 Å². The van der Waals surface area contributed by atoms with Crippen LogP contribution in [-0.4, -0.2) is 18.9 Å². The predicted molar refractivity (Wildman–Crippen MR) is 172 cm³/mol. The van der Waals surface area contributed by atoms with E-state index >= 15 is 0 Å². The quantitative estimate of drug-likeness (QED) is 0.197. The zero-order valence-electron chi connectivity index (χ0n) is 22.2. The molecule has 10 aromatic rings. The Morgan fingerprint density at radius 3 is 2.05 bits per heavy atom. The fourth-order valence-electron chi connectivity index (χ4n) is 7.19. The van der Waals surface area contributed by atoms with Crippen LogP contribution in [0.2, 0.25) is 0 Å². The second kappa shape index (κ2) is 7.60. The summed E-state index contributed by atoms with van der Waals surface area (Å²) >= 11 is 0. The van der Waals surface area contributed by atoms with Crippen LogP contribution in [0.5, 0.6) is 0 Å². The molecule has 4 heterocycles. The fourth-order valence-corrected chi connectivity index (χ4v) is 7.19. The van der Waals surface area contributed by atoms with Gasteiger partial charge in [0.2, 0.25) is 5.82 Å². The van der Waals surface area contributed by atoms with Gasteiger partial charge in [-0.2, -0.15) is 0 Å². The summed E-state index contributed by atoms with van der Waals surface area (Å²) in [5.74, 6) is 0.874. The molecule has 0 N–H and O–H groups in total. The zero-order chi connectivity index (χ0) is 27.5. The van der Waals surface area contributed by atoms with E-state index in [0.717, 1.165) is 33.1 Å². The Morgan fingerprint density at radius 2 is 1.21 bits per heavy atom. The molecule has 0 saturated heterocycles. The van der Waals surface area contributed by atoms with Gasteiger partial charge in [-0.05, 0) is 53.2 Å². The minimum atomic E-state index is 0.147. The minimum Gasteiger partial charge on any atom is -0.394 e. The van der Waals surface area contributed by atoms with Crippen molar-refractivity contribution in [2.75, 3.05) is 0 Å². The minimum absolute atomic E-state index is 0.147. The first-order chi connectivity index (χ1) is 20.8. The highest BCUT2D eigenvalue weighted by Crippen LogP contribution is 2.47. The van der Waals surface area contributed by atoms with Crippen LogP contribution in [0.15, 0.2) is 115 Å². The molecule has 0 spiro atoms. The first-order valence-corrected chi connectivity index (χ1v) is 14.0. The molecule has 0 bridgehead atoms. The number of rotatable bonds is 1. The molecule has 0 aliphatic rings. The van der Waals surface area contributed by atoms with E-state index in [1.807, 2.05) is 24.3 Å². The third-order valence-electron chi connectivity index (χ3n) is 8.85. The van der Waals surface area contributed by atoms with Gasteiger partial charge in [-0.15, -0.1) is 16.5 Å². The second-order valence-corrected chi connectivity index (χ2v) is 10.9. The van der Waals surface area contributed by atoms with Crippen LogP contribution in [0.3, 0.4) is 0 Å². The van der Waals surface area contributed by atoms with Gasteiger partial charge in [0.25, 0.3) is 0 Å². The molecule has 0 amide bonds. The second-order valence-electron chi connectivity index (χ2n) is 10.9. The number of para-hydroxylation sites is 3. The van der Waals surface area contributed by atoms with Crippen molar-refractivity contribution in [2.24, 2.45) is 0 Å². The third kappa shape index (κ3) is 2.57. The molecule has 0 saturated carbocycles. The highest BCUT2D eigenvalue weighted by molar-refractivity contribution is 6.36. The normalized spacial score (nSPS) is 12.3. The van der Waals surface area contributed by atoms with Crippen molar-refractivity contribution in [3.05, 3.63) is 127 Å². The molecule has 4 aromatic heterocycles. The molecule has 0 fully saturated rings. The molecule has 0 radical (unpaired) electrons. The van der Waals surface area contributed by atoms with Gasteiger partial charge in [-0.1, -0.05) is 72.8 Å². The average molecular weight is 534 g/mol. The van der Waals surface area contributed by atoms with Crippen molar-refractivity contribution >= 4 is 87.5 Å². The van der Waals surface area contributed by atoms with Gasteiger partial charge in [0.1, 0.15) is 5.52 Å². The summed E-state index contributed by atoms with van der Waals surface area (Å²) in [6.07, 6.45) is 0. The lowest BCUT2D eigenvalue weighted by molar-refractivity contribution is 1.09. The number of benzene rings is 6. The van der Waals surface area contributed by atoms with Crippen molar-refractivity contribution in [2.45, 2.75) is 0 Å². The zero-order valence-corrected chi connectivity index (χ0v) is 22.2. The van der Waals surface area contributed by atoms with Crippen LogP contribution in [0, 0.1) is 6.57 Å². The molecular formula is C37H19N5. The third-order valence-corrected chi connectivity index (χ3v) is 8.85. The fraction of sp³-hybridized carbons (Fsp3) is 0. The lowest BCUT2D eigenvalue weighted by atomic mass is 10.0. The molecular weight excluding hydrogens is 514 g/mol. The van der Waals surface area contributed by atoms with Gasteiger partial charge in [-0.25, -0.2) is 0 Å². The first kappa shape index (κ1) is 21.8. The maximum absolute atomic E-state index is 7.75. The van der Waals surface area contributed by atoms with E-state index in [1.54, 1.807) is 0 Å². The van der Waals surface area contributed by atoms with E-state index in [0.29, 0.717) is 0 Å². The Hall–Kier alpha value is -5.99. The van der Waals surface area contributed by atoms with E-state index in [9.17, 15) is 0 Å². The maximum atomic E-state index is 7.75. The summed E-state index contributed by atoms with van der Waals surface area (Å²) in [6, 6.07) is 40.8. The molecule has 5 nitrogen and oxygen atoms in total. The van der Waals surface area contributed by atoms with E-state index in [1.165, 1.54) is 54.3 Å². The molecule has 6 aromatic carbocycles. The van der Waals surface area contributed by atoms with Gasteiger partial charge in [0, 0.05) is 32.3 Å². The SMILES string of the molecule is [C-]#[N+]c1nc(-n2c3ccccc3c3c4c5cc6ccccc6cc5n5c6ccccc6c(cc32)c45)c2ccccc2n1. The Balaban J connectivity index is 1.53. The molecule has 192 valence electrons. The molecule has 42 heavy (non-hydrogen) atoms. The molecule has 0 atom stereocenters. The van der Waals surface area contributed by atoms with Crippen LogP contribution in [0.25, 0.3) is 92.2 Å². The van der Waals surface area contributed by atoms with Gasteiger partial charge >= 0.3 is 5.95 Å². The van der Waals surface area contributed by atoms with Crippen molar-refractivity contribution in [1.29, 1.82) is 0 Å². The van der Waals surface area contributed by atoms with Crippen molar-refractivity contribution in [3.8, 4) is 5.82 Å². The van der Waals surface area contributed by atoms with Crippen molar-refractivity contribution < 1.29 is 0 Å². The summed E-state index contributed by atoms with van der Waals surface area (Å²) in [5, 5.41) is 10.6. The van der Waals surface area contributed by atoms with E-state index in [4.69, 9.17) is 11.6 Å². The summed E-state index contributed by atoms with van der Waals surface area (Å²) < 4.78 is 4.69. The highest BCUT2D eigenvalue weighted by Gasteiger charge is 2.26. The van der Waals surface area contributed by atoms with E-state index < -0.39 is 0 Å². The average Bonchev–Trinajstić information content (AvgIpc) is 3.67. The predicted octanol–water partition coefficient (Wildman–Crippen LogP) is 9.58. The van der Waals surface area contributed by atoms with Gasteiger partial charge in [-0.3, -0.25) is 4.57 Å². The maximum Gasteiger partial charge on any atom is 0.374 e. The van der Waals surface area contributed by atoms with Crippen molar-refractivity contribution in [3.63, 3.8) is 0 Å². The monoisotopic (exact) mass is 533 g/mol. The summed E-state index contributed by atoms with van der Waals surface area (Å²) in [4.78, 5) is 13.0. The van der Waals surface area contributed by atoms with Crippen LogP contribution in [0.1, 0.15) is 0 Å². The van der Waals surface area contributed by atoms with Gasteiger partial charge in [0.05, 0.1) is 33.0 Å². The van der Waals surface area contributed by atoms with Crippen LogP contribution < -0.4 is 0 Å². The van der Waals surface area contributed by atoms with Crippen LogP contribution in [0.4, 0.5) is 5.95 Å². The number of nitrogens with zero attached hydrogens (tertiary/aromatic N) is 5. The van der Waals surface area contributed by atoms with E-state index in [2.05, 4.69) is 110 Å². The molecule has 5 heteroatoms. The number of fused-ring (bicyclic) bond motifs is 12. The Morgan fingerprint density at radius 1 is 0.524 bits per heavy atom. The Kier molecular flexibility index (Phi) is 3.94. The molecule has 0 unspecified atom stereocenters. The Labute approximate surface area is 238 Å². The summed E-state index contributed by atoms with van der Waals surface area (Å²) in [5.41, 5.74) is 6.55. The molecule has 0 aliphatic carbocycles. The van der Waals surface area contributed by atoms with Gasteiger partial charge in [0.15, 0.2) is 0 Å². The van der Waals surface area contributed by atoms with Gasteiger partial charge < -0.3 is 9.25 Å². The summed E-state index contributed by atoms with van der Waals surface area (Å²) in [6.45, 7) is 7.75.